The van der Waals surface area contributed by atoms with Crippen molar-refractivity contribution in [2.75, 3.05) is 39.9 Å². The van der Waals surface area contributed by atoms with Crippen molar-refractivity contribution in [3.63, 3.8) is 0 Å². The van der Waals surface area contributed by atoms with Gasteiger partial charge in [-0.25, -0.2) is 0 Å². The van der Waals surface area contributed by atoms with Gasteiger partial charge in [-0.1, -0.05) is 6.92 Å². The smallest absolute Gasteiger partial charge is 0.227 e. The van der Waals surface area contributed by atoms with Gasteiger partial charge < -0.3 is 15.0 Å². The third-order valence-corrected chi connectivity index (χ3v) is 3.54. The van der Waals surface area contributed by atoms with Crippen molar-refractivity contribution in [3.8, 4) is 0 Å². The van der Waals surface area contributed by atoms with Crippen molar-refractivity contribution in [1.29, 1.82) is 0 Å². The van der Waals surface area contributed by atoms with Crippen LogP contribution in [0.5, 0.6) is 0 Å². The number of amides is 1. The van der Waals surface area contributed by atoms with Crippen molar-refractivity contribution in [1.82, 2.24) is 10.2 Å². The first kappa shape index (κ1) is 13.7. The van der Waals surface area contributed by atoms with Crippen molar-refractivity contribution >= 4 is 18.3 Å². The van der Waals surface area contributed by atoms with E-state index < -0.39 is 0 Å². The fourth-order valence-corrected chi connectivity index (χ4v) is 2.67. The predicted octanol–water partition coefficient (Wildman–Crippen LogP) is 0.369. The number of hydrogen-bond acceptors (Lipinski definition) is 3. The van der Waals surface area contributed by atoms with Crippen LogP contribution >= 0.6 is 12.4 Å². The number of rotatable bonds is 3. The van der Waals surface area contributed by atoms with Gasteiger partial charge in [-0.05, 0) is 11.8 Å². The summed E-state index contributed by atoms with van der Waals surface area (Å²) in [6, 6.07) is 0. The molecule has 2 aliphatic rings. The molecule has 0 spiro atoms. The second-order valence-electron chi connectivity index (χ2n) is 4.78. The molecule has 0 aliphatic carbocycles. The molecule has 0 radical (unpaired) electrons. The number of hydrogen-bond donors (Lipinski definition) is 1. The Morgan fingerprint density at radius 3 is 2.50 bits per heavy atom. The number of nitrogens with one attached hydrogen (secondary N) is 1. The highest BCUT2D eigenvalue weighted by molar-refractivity contribution is 5.85. The van der Waals surface area contributed by atoms with Crippen LogP contribution in [-0.2, 0) is 9.53 Å². The molecular weight excluding hydrogens is 228 g/mol. The molecule has 2 rings (SSSR count). The Balaban J connectivity index is 0.00000128. The van der Waals surface area contributed by atoms with E-state index in [2.05, 4.69) is 5.32 Å². The molecule has 1 amide bonds. The maximum absolute atomic E-state index is 12.0. The number of ether oxygens (including phenoxy) is 1. The topological polar surface area (TPSA) is 41.6 Å². The van der Waals surface area contributed by atoms with E-state index in [-0.39, 0.29) is 24.2 Å². The highest BCUT2D eigenvalue weighted by Crippen LogP contribution is 2.27. The van der Waals surface area contributed by atoms with E-state index in [1.54, 1.807) is 7.11 Å². The van der Waals surface area contributed by atoms with Gasteiger partial charge in [0.25, 0.3) is 0 Å². The standard InChI is InChI=1S/C11H20N2O2.ClH/c1-8(7-15-2)11(14)13-5-9-3-12-4-10(9)6-13;/h8-10,12H,3-7H2,1-2H3;1H/t8?,9-,10+;. The molecule has 0 bridgehead atoms. The van der Waals surface area contributed by atoms with Crippen LogP contribution in [-0.4, -0.2) is 50.7 Å². The minimum absolute atomic E-state index is 0. The van der Waals surface area contributed by atoms with Crippen LogP contribution in [0.15, 0.2) is 0 Å². The van der Waals surface area contributed by atoms with Crippen LogP contribution in [0, 0.1) is 17.8 Å². The zero-order chi connectivity index (χ0) is 10.8. The number of carbonyl (C=O) groups excluding carboxylic acids is 1. The van der Waals surface area contributed by atoms with Gasteiger partial charge in [0.15, 0.2) is 0 Å². The Morgan fingerprint density at radius 2 is 2.00 bits per heavy atom. The Hall–Kier alpha value is -0.320. The quantitative estimate of drug-likeness (QED) is 0.785. The molecule has 2 saturated heterocycles. The molecule has 4 nitrogen and oxygen atoms in total. The minimum Gasteiger partial charge on any atom is -0.384 e. The van der Waals surface area contributed by atoms with E-state index in [0.717, 1.165) is 26.2 Å². The van der Waals surface area contributed by atoms with Gasteiger partial charge in [0.1, 0.15) is 0 Å². The maximum Gasteiger partial charge on any atom is 0.227 e. The predicted molar refractivity (Wildman–Crippen MR) is 64.7 cm³/mol. The maximum atomic E-state index is 12.0. The van der Waals surface area contributed by atoms with E-state index >= 15 is 0 Å². The zero-order valence-electron chi connectivity index (χ0n) is 9.94. The Morgan fingerprint density at radius 1 is 1.44 bits per heavy atom. The van der Waals surface area contributed by atoms with Crippen LogP contribution in [0.3, 0.4) is 0 Å². The van der Waals surface area contributed by atoms with Crippen LogP contribution in [0.4, 0.5) is 0 Å². The summed E-state index contributed by atoms with van der Waals surface area (Å²) in [4.78, 5) is 14.0. The van der Waals surface area contributed by atoms with Gasteiger partial charge in [0.05, 0.1) is 12.5 Å². The van der Waals surface area contributed by atoms with Gasteiger partial charge in [-0.15, -0.1) is 12.4 Å². The Kier molecular flexibility index (Phi) is 5.02. The molecule has 5 heteroatoms. The summed E-state index contributed by atoms with van der Waals surface area (Å²) in [5, 5.41) is 3.38. The molecule has 0 aromatic rings. The summed E-state index contributed by atoms with van der Waals surface area (Å²) in [5.41, 5.74) is 0. The first-order valence-corrected chi connectivity index (χ1v) is 5.70. The van der Waals surface area contributed by atoms with Crippen molar-refractivity contribution in [3.05, 3.63) is 0 Å². The number of fused-ring (bicyclic) bond motifs is 1. The molecule has 3 atom stereocenters. The summed E-state index contributed by atoms with van der Waals surface area (Å²) >= 11 is 0. The highest BCUT2D eigenvalue weighted by atomic mass is 35.5. The number of likely N-dealkylation sites (tertiary alicyclic amines) is 1. The third-order valence-electron chi connectivity index (χ3n) is 3.54. The number of halogens is 1. The zero-order valence-corrected chi connectivity index (χ0v) is 10.8. The number of methoxy groups -OCH3 is 1. The normalized spacial score (nSPS) is 29.8. The summed E-state index contributed by atoms with van der Waals surface area (Å²) in [6.07, 6.45) is 0. The van der Waals surface area contributed by atoms with Gasteiger partial charge in [0.2, 0.25) is 5.91 Å². The van der Waals surface area contributed by atoms with Crippen molar-refractivity contribution in [2.24, 2.45) is 17.8 Å². The number of carbonyl (C=O) groups is 1. The second kappa shape index (κ2) is 5.84. The average Bonchev–Trinajstić information content (AvgIpc) is 2.75. The fraction of sp³-hybridized carbons (Fsp3) is 0.909. The molecule has 94 valence electrons. The van der Waals surface area contributed by atoms with E-state index in [9.17, 15) is 4.79 Å². The van der Waals surface area contributed by atoms with Crippen LogP contribution in [0.1, 0.15) is 6.92 Å². The number of nitrogens with zero attached hydrogens (tertiary/aromatic N) is 1. The molecule has 0 aromatic carbocycles. The van der Waals surface area contributed by atoms with Crippen molar-refractivity contribution in [2.45, 2.75) is 6.92 Å². The summed E-state index contributed by atoms with van der Waals surface area (Å²) in [6.45, 7) is 6.50. The molecule has 2 heterocycles. The molecule has 0 saturated carbocycles. The summed E-state index contributed by atoms with van der Waals surface area (Å²) in [5.74, 6) is 1.63. The summed E-state index contributed by atoms with van der Waals surface area (Å²) < 4.78 is 5.02. The van der Waals surface area contributed by atoms with Crippen LogP contribution in [0.25, 0.3) is 0 Å². The average molecular weight is 249 g/mol. The highest BCUT2D eigenvalue weighted by Gasteiger charge is 2.38. The van der Waals surface area contributed by atoms with Gasteiger partial charge in [-0.3, -0.25) is 4.79 Å². The first-order valence-electron chi connectivity index (χ1n) is 5.70. The van der Waals surface area contributed by atoms with E-state index in [1.807, 2.05) is 11.8 Å². The molecule has 2 fully saturated rings. The molecule has 1 N–H and O–H groups in total. The van der Waals surface area contributed by atoms with Crippen LogP contribution < -0.4 is 5.32 Å². The lowest BCUT2D eigenvalue weighted by molar-refractivity contribution is -0.135. The minimum atomic E-state index is 0. The largest absolute Gasteiger partial charge is 0.384 e. The van der Waals surface area contributed by atoms with Gasteiger partial charge in [-0.2, -0.15) is 0 Å². The van der Waals surface area contributed by atoms with Crippen LogP contribution in [0.2, 0.25) is 0 Å². The Labute approximate surface area is 103 Å². The second-order valence-corrected chi connectivity index (χ2v) is 4.78. The molecule has 16 heavy (non-hydrogen) atoms. The summed E-state index contributed by atoms with van der Waals surface area (Å²) in [7, 11) is 1.65. The van der Waals surface area contributed by atoms with E-state index in [4.69, 9.17) is 4.74 Å². The van der Waals surface area contributed by atoms with Crippen molar-refractivity contribution < 1.29 is 9.53 Å². The fourth-order valence-electron chi connectivity index (χ4n) is 2.67. The lowest BCUT2D eigenvalue weighted by Gasteiger charge is -2.21. The van der Waals surface area contributed by atoms with E-state index in [1.165, 1.54) is 0 Å². The first-order chi connectivity index (χ1) is 7.22. The van der Waals surface area contributed by atoms with Gasteiger partial charge in [0, 0.05) is 33.3 Å². The SMILES string of the molecule is COCC(C)C(=O)N1C[C@H]2CNC[C@H]2C1.Cl. The Bertz CT molecular complexity index is 238. The molecule has 0 aromatic heterocycles. The molecule has 2 aliphatic heterocycles. The lowest BCUT2D eigenvalue weighted by atomic mass is 10.0. The van der Waals surface area contributed by atoms with E-state index in [0.29, 0.717) is 18.4 Å². The lowest BCUT2D eigenvalue weighted by Crippen LogP contribution is -2.36. The molecular formula is C11H21ClN2O2. The van der Waals surface area contributed by atoms with Gasteiger partial charge >= 0.3 is 0 Å². The molecule has 1 unspecified atom stereocenters. The third kappa shape index (κ3) is 2.67. The monoisotopic (exact) mass is 248 g/mol.